The predicted octanol–water partition coefficient (Wildman–Crippen LogP) is 3.80. The van der Waals surface area contributed by atoms with E-state index in [4.69, 9.17) is 9.66 Å². The van der Waals surface area contributed by atoms with Gasteiger partial charge in [-0.25, -0.2) is 9.35 Å². The van der Waals surface area contributed by atoms with Crippen LogP contribution < -0.4 is 15.4 Å². The first kappa shape index (κ1) is 23.4. The van der Waals surface area contributed by atoms with Crippen molar-refractivity contribution in [2.24, 2.45) is 5.14 Å². The molecule has 0 spiro atoms. The second kappa shape index (κ2) is 9.23. The normalized spacial score (nSPS) is 12.5. The van der Waals surface area contributed by atoms with Gasteiger partial charge in [0.2, 0.25) is 5.82 Å². The summed E-state index contributed by atoms with van der Waals surface area (Å²) in [7, 11) is -1.65. The van der Waals surface area contributed by atoms with E-state index in [0.29, 0.717) is 16.2 Å². The number of nitrogens with two attached hydrogens (primary N) is 1. The van der Waals surface area contributed by atoms with Crippen molar-refractivity contribution < 1.29 is 26.6 Å². The van der Waals surface area contributed by atoms with Gasteiger partial charge in [-0.1, -0.05) is 17.3 Å². The molecule has 0 amide bonds. The van der Waals surface area contributed by atoms with Gasteiger partial charge in [0.1, 0.15) is 22.3 Å². The van der Waals surface area contributed by atoms with E-state index in [0.717, 1.165) is 17.7 Å². The first-order valence-electron chi connectivity index (χ1n) is 9.76. The topological polar surface area (TPSA) is 113 Å². The molecule has 0 aliphatic carbocycles. The number of benzene rings is 2. The first-order chi connectivity index (χ1) is 16.1. The van der Waals surface area contributed by atoms with Crippen molar-refractivity contribution in [3.8, 4) is 28.6 Å². The number of ether oxygens (including phenoxy) is 1. The van der Waals surface area contributed by atoms with Crippen LogP contribution in [0.25, 0.3) is 22.8 Å². The van der Waals surface area contributed by atoms with Crippen molar-refractivity contribution in [1.82, 2.24) is 14.7 Å². The highest BCUT2D eigenvalue weighted by atomic mass is 32.2. The van der Waals surface area contributed by atoms with Crippen LogP contribution in [0.3, 0.4) is 0 Å². The van der Waals surface area contributed by atoms with Crippen molar-refractivity contribution >= 4 is 11.0 Å². The summed E-state index contributed by atoms with van der Waals surface area (Å²) >= 11 is 0. The third-order valence-electron chi connectivity index (χ3n) is 4.87. The second-order valence-electron chi connectivity index (χ2n) is 7.22. The minimum Gasteiger partial charge on any atom is -0.406 e. The van der Waals surface area contributed by atoms with Crippen LogP contribution in [0.4, 0.5) is 13.2 Å². The Morgan fingerprint density at radius 3 is 2.53 bits per heavy atom. The van der Waals surface area contributed by atoms with Gasteiger partial charge in [0.25, 0.3) is 11.4 Å². The Kier molecular flexibility index (Phi) is 6.35. The summed E-state index contributed by atoms with van der Waals surface area (Å²) in [4.78, 5) is 17.8. The number of hydrogen-bond donors (Lipinski definition) is 1. The molecule has 4 rings (SSSR count). The van der Waals surface area contributed by atoms with Crippen molar-refractivity contribution in [1.29, 1.82) is 0 Å². The molecule has 34 heavy (non-hydrogen) atoms. The van der Waals surface area contributed by atoms with E-state index >= 15 is 0 Å². The molecule has 1 atom stereocenters. The number of aryl methyl sites for hydroxylation is 1. The van der Waals surface area contributed by atoms with E-state index in [2.05, 4.69) is 14.9 Å². The lowest BCUT2D eigenvalue weighted by Gasteiger charge is -2.11. The molecule has 2 N–H and O–H groups in total. The molecule has 0 aliphatic rings. The van der Waals surface area contributed by atoms with Crippen molar-refractivity contribution in [2.45, 2.75) is 24.7 Å². The Bertz CT molecular complexity index is 1410. The van der Waals surface area contributed by atoms with E-state index in [1.54, 1.807) is 43.3 Å². The quantitative estimate of drug-likeness (QED) is 0.440. The molecule has 2 aromatic carbocycles. The van der Waals surface area contributed by atoms with Gasteiger partial charge in [-0.15, -0.1) is 13.2 Å². The molecule has 4 aromatic rings. The van der Waals surface area contributed by atoms with Gasteiger partial charge in [-0.3, -0.25) is 4.79 Å². The van der Waals surface area contributed by atoms with Gasteiger partial charge >= 0.3 is 6.36 Å². The summed E-state index contributed by atoms with van der Waals surface area (Å²) in [6.45, 7) is 1.96. The summed E-state index contributed by atoms with van der Waals surface area (Å²) < 4.78 is 59.2. The average Bonchev–Trinajstić information content (AvgIpc) is 3.26. The number of hydrogen-bond acceptors (Lipinski definition) is 6. The number of halogens is 3. The minimum absolute atomic E-state index is 0.0406. The maximum atomic E-state index is 13.2. The Balaban J connectivity index is 1.62. The summed E-state index contributed by atoms with van der Waals surface area (Å²) in [5, 5.41) is 9.27. The third-order valence-corrected chi connectivity index (χ3v) is 5.59. The molecule has 8 nitrogen and oxygen atoms in total. The molecule has 0 saturated heterocycles. The standard InChI is InChI=1S/C22H17F3N4O4S/c1-13-5-10-18(21(30)29(13)12-14-3-2-4-17(11-14)34(26)31)20-27-19(28-33-20)15-6-8-16(9-7-15)32-22(23,24)25/h2-11H,12,26H2,1H3. The Morgan fingerprint density at radius 1 is 1.12 bits per heavy atom. The summed E-state index contributed by atoms with van der Waals surface area (Å²) in [5.41, 5.74) is 1.55. The second-order valence-corrected chi connectivity index (χ2v) is 8.29. The number of aromatic nitrogens is 3. The third kappa shape index (κ3) is 5.24. The van der Waals surface area contributed by atoms with Crippen molar-refractivity contribution in [2.75, 3.05) is 0 Å². The number of nitrogens with zero attached hydrogens (tertiary/aromatic N) is 3. The van der Waals surface area contributed by atoms with Crippen LogP contribution in [-0.4, -0.2) is 25.3 Å². The van der Waals surface area contributed by atoms with Crippen LogP contribution in [0.1, 0.15) is 11.3 Å². The van der Waals surface area contributed by atoms with Gasteiger partial charge in [0, 0.05) is 11.3 Å². The zero-order valence-electron chi connectivity index (χ0n) is 17.6. The summed E-state index contributed by atoms with van der Waals surface area (Å²) in [5.74, 6) is -0.330. The number of alkyl halides is 3. The Labute approximate surface area is 193 Å². The molecule has 2 heterocycles. The molecule has 176 valence electrons. The highest BCUT2D eigenvalue weighted by Gasteiger charge is 2.31. The van der Waals surface area contributed by atoms with Crippen LogP contribution in [-0.2, 0) is 17.5 Å². The first-order valence-corrected chi connectivity index (χ1v) is 11.0. The molecule has 0 fully saturated rings. The largest absolute Gasteiger partial charge is 0.573 e. The van der Waals surface area contributed by atoms with Gasteiger partial charge in [0.15, 0.2) is 0 Å². The number of rotatable bonds is 6. The van der Waals surface area contributed by atoms with E-state index in [1.807, 2.05) is 0 Å². The van der Waals surface area contributed by atoms with Gasteiger partial charge < -0.3 is 13.8 Å². The number of pyridine rings is 1. The van der Waals surface area contributed by atoms with Gasteiger partial charge in [-0.05, 0) is 61.0 Å². The average molecular weight is 490 g/mol. The molecule has 0 aliphatic heterocycles. The Morgan fingerprint density at radius 2 is 1.85 bits per heavy atom. The lowest BCUT2D eigenvalue weighted by molar-refractivity contribution is -0.274. The molecule has 12 heteroatoms. The van der Waals surface area contributed by atoms with Gasteiger partial charge in [0.05, 0.1) is 11.4 Å². The lowest BCUT2D eigenvalue weighted by Crippen LogP contribution is -2.24. The van der Waals surface area contributed by atoms with Gasteiger partial charge in [-0.2, -0.15) is 4.98 Å². The minimum atomic E-state index is -4.80. The molecular formula is C22H17F3N4O4S. The van der Waals surface area contributed by atoms with Crippen LogP contribution in [0.15, 0.2) is 74.9 Å². The molecule has 0 bridgehead atoms. The fourth-order valence-electron chi connectivity index (χ4n) is 3.24. The maximum Gasteiger partial charge on any atom is 0.573 e. The van der Waals surface area contributed by atoms with Crippen LogP contribution in [0, 0.1) is 6.92 Å². The smallest absolute Gasteiger partial charge is 0.406 e. The molecule has 2 aromatic heterocycles. The predicted molar refractivity (Wildman–Crippen MR) is 117 cm³/mol. The SMILES string of the molecule is Cc1ccc(-c2nc(-c3ccc(OC(F)(F)F)cc3)no2)c(=O)n1Cc1cccc(S(N)=O)c1. The molecule has 0 radical (unpaired) electrons. The summed E-state index contributed by atoms with van der Waals surface area (Å²) in [6, 6.07) is 15.0. The lowest BCUT2D eigenvalue weighted by atomic mass is 10.2. The maximum absolute atomic E-state index is 13.2. The summed E-state index contributed by atoms with van der Waals surface area (Å²) in [6.07, 6.45) is -4.80. The zero-order valence-corrected chi connectivity index (χ0v) is 18.4. The monoisotopic (exact) mass is 490 g/mol. The van der Waals surface area contributed by atoms with Crippen LogP contribution in [0.2, 0.25) is 0 Å². The van der Waals surface area contributed by atoms with E-state index in [9.17, 15) is 22.2 Å². The zero-order chi connectivity index (χ0) is 24.5. The van der Waals surface area contributed by atoms with E-state index in [-0.39, 0.29) is 35.1 Å². The molecule has 0 saturated carbocycles. The van der Waals surface area contributed by atoms with E-state index < -0.39 is 17.3 Å². The highest BCUT2D eigenvalue weighted by molar-refractivity contribution is 7.82. The highest BCUT2D eigenvalue weighted by Crippen LogP contribution is 2.26. The Hall–Kier alpha value is -3.77. The van der Waals surface area contributed by atoms with Crippen LogP contribution >= 0.6 is 0 Å². The van der Waals surface area contributed by atoms with Crippen LogP contribution in [0.5, 0.6) is 5.75 Å². The van der Waals surface area contributed by atoms with E-state index in [1.165, 1.54) is 16.7 Å². The van der Waals surface area contributed by atoms with Crippen molar-refractivity contribution in [3.05, 3.63) is 82.3 Å². The fourth-order valence-corrected chi connectivity index (χ4v) is 3.72. The van der Waals surface area contributed by atoms with Crippen molar-refractivity contribution in [3.63, 3.8) is 0 Å². The molecule has 1 unspecified atom stereocenters. The fraction of sp³-hybridized carbons (Fsp3) is 0.136. The molecular weight excluding hydrogens is 473 g/mol.